The van der Waals surface area contributed by atoms with Crippen LogP contribution in [0.2, 0.25) is 0 Å². The molecule has 0 saturated carbocycles. The van der Waals surface area contributed by atoms with Crippen molar-refractivity contribution >= 4 is 41.3 Å². The molecule has 11 nitrogen and oxygen atoms in total. The summed E-state index contributed by atoms with van der Waals surface area (Å²) < 4.78 is 147. The third kappa shape index (κ3) is 16.8. The lowest BCUT2D eigenvalue weighted by atomic mass is 9.84. The van der Waals surface area contributed by atoms with Crippen molar-refractivity contribution in [1.82, 2.24) is 0 Å². The number of allylic oxidation sites excluding steroid dienone is 1. The molecule has 0 spiro atoms. The molecule has 4 N–H and O–H groups in total. The molecule has 0 fully saturated rings. The number of anilines is 1. The van der Waals surface area contributed by atoms with Crippen LogP contribution in [0.1, 0.15) is 69.5 Å². The first-order valence-corrected chi connectivity index (χ1v) is 21.9. The Balaban J connectivity index is 1.13. The smallest absolute Gasteiger partial charge is 0.453 e. The number of carbonyl (C=O) groups is 4. The van der Waals surface area contributed by atoms with E-state index in [1.807, 2.05) is 0 Å². The van der Waals surface area contributed by atoms with Crippen molar-refractivity contribution in [1.29, 1.82) is 0 Å². The molecule has 0 radical (unpaired) electrons. The van der Waals surface area contributed by atoms with Crippen LogP contribution in [0.15, 0.2) is 133 Å². The molecular formula is C52H45F10NO10. The fraction of sp³-hybridized carbons (Fsp3) is 0.269. The van der Waals surface area contributed by atoms with Crippen LogP contribution >= 0.6 is 0 Å². The third-order valence-corrected chi connectivity index (χ3v) is 10.7. The molecule has 5 aromatic rings. The molecule has 0 amide bonds. The van der Waals surface area contributed by atoms with Crippen molar-refractivity contribution in [2.45, 2.75) is 68.5 Å². The summed E-state index contributed by atoms with van der Waals surface area (Å²) in [6.45, 7) is -0.835. The molecule has 73 heavy (non-hydrogen) atoms. The Morgan fingerprint density at radius 3 is 1.30 bits per heavy atom. The monoisotopic (exact) mass is 1030 g/mol. The van der Waals surface area contributed by atoms with Crippen LogP contribution in [0.4, 0.5) is 49.6 Å². The fourth-order valence-electron chi connectivity index (χ4n) is 6.54. The molecule has 0 saturated heterocycles. The second-order valence-electron chi connectivity index (χ2n) is 16.3. The SMILES string of the molecule is Nc1ccc(CC(CC(=O)/C=C/c2ccc(C(=O)Oc3ccc(OCCCC(F)(F)C(F)(F)F)cc3)cc2)C(O)(O)C(=O)/C=C/c2ccc(C(=O)Oc3ccc(OCCCC(F)(F)C(F)(F)F)cc3)cc2)cc1. The summed E-state index contributed by atoms with van der Waals surface area (Å²) in [6.07, 6.45) is -11.3. The van der Waals surface area contributed by atoms with Crippen LogP contribution < -0.4 is 24.7 Å². The molecule has 5 rings (SSSR count). The highest BCUT2D eigenvalue weighted by molar-refractivity contribution is 6.00. The Morgan fingerprint density at radius 2 is 0.904 bits per heavy atom. The van der Waals surface area contributed by atoms with E-state index in [1.54, 1.807) is 24.3 Å². The number of benzene rings is 5. The zero-order valence-corrected chi connectivity index (χ0v) is 38.1. The molecule has 1 unspecified atom stereocenters. The van der Waals surface area contributed by atoms with Gasteiger partial charge in [-0.2, -0.15) is 43.9 Å². The predicted molar refractivity (Wildman–Crippen MR) is 245 cm³/mol. The van der Waals surface area contributed by atoms with Gasteiger partial charge < -0.3 is 34.9 Å². The normalized spacial score (nSPS) is 12.9. The topological polar surface area (TPSA) is 172 Å². The van der Waals surface area contributed by atoms with Crippen LogP contribution in [0.25, 0.3) is 12.2 Å². The maximum atomic E-state index is 13.4. The number of esters is 2. The van der Waals surface area contributed by atoms with Crippen LogP contribution in [0, 0.1) is 5.92 Å². The second-order valence-corrected chi connectivity index (χ2v) is 16.3. The lowest BCUT2D eigenvalue weighted by Gasteiger charge is -2.28. The molecule has 1 atom stereocenters. The van der Waals surface area contributed by atoms with Gasteiger partial charge in [0.15, 0.2) is 5.78 Å². The number of nitrogens with two attached hydrogens (primary N) is 1. The third-order valence-electron chi connectivity index (χ3n) is 10.7. The summed E-state index contributed by atoms with van der Waals surface area (Å²) in [4.78, 5) is 52.2. The van der Waals surface area contributed by atoms with Crippen molar-refractivity contribution in [3.8, 4) is 23.0 Å². The van der Waals surface area contributed by atoms with Crippen molar-refractivity contribution in [2.75, 3.05) is 18.9 Å². The van der Waals surface area contributed by atoms with Gasteiger partial charge in [0, 0.05) is 30.9 Å². The van der Waals surface area contributed by atoms with Crippen LogP contribution in [-0.4, -0.2) is 76.9 Å². The largest absolute Gasteiger partial charge is 0.494 e. The first-order valence-electron chi connectivity index (χ1n) is 21.9. The van der Waals surface area contributed by atoms with Gasteiger partial charge in [0.05, 0.1) is 24.3 Å². The zero-order chi connectivity index (χ0) is 53.6. The highest BCUT2D eigenvalue weighted by Gasteiger charge is 2.57. The highest BCUT2D eigenvalue weighted by Crippen LogP contribution is 2.40. The average Bonchev–Trinajstić information content (AvgIpc) is 3.33. The van der Waals surface area contributed by atoms with Crippen LogP contribution in [-0.2, 0) is 16.0 Å². The van der Waals surface area contributed by atoms with Crippen molar-refractivity contribution in [3.05, 3.63) is 161 Å². The van der Waals surface area contributed by atoms with E-state index in [0.29, 0.717) is 22.4 Å². The van der Waals surface area contributed by atoms with Crippen molar-refractivity contribution < 1.29 is 92.2 Å². The maximum Gasteiger partial charge on any atom is 0.453 e. The minimum atomic E-state index is -5.66. The molecule has 0 aliphatic heterocycles. The summed E-state index contributed by atoms with van der Waals surface area (Å²) in [5.74, 6) is -17.1. The van der Waals surface area contributed by atoms with Gasteiger partial charge >= 0.3 is 36.1 Å². The number of halogens is 10. The molecule has 0 aliphatic rings. The van der Waals surface area contributed by atoms with Gasteiger partial charge in [0.2, 0.25) is 11.6 Å². The molecule has 388 valence electrons. The minimum absolute atomic E-state index is 0.0551. The molecule has 0 aromatic heterocycles. The van der Waals surface area contributed by atoms with Gasteiger partial charge in [-0.05, 0) is 133 Å². The van der Waals surface area contributed by atoms with Crippen molar-refractivity contribution in [3.63, 3.8) is 0 Å². The van der Waals surface area contributed by atoms with E-state index in [-0.39, 0.29) is 40.5 Å². The van der Waals surface area contributed by atoms with Gasteiger partial charge in [-0.3, -0.25) is 9.59 Å². The van der Waals surface area contributed by atoms with Gasteiger partial charge in [-0.15, -0.1) is 0 Å². The fourth-order valence-corrected chi connectivity index (χ4v) is 6.54. The van der Waals surface area contributed by atoms with Crippen molar-refractivity contribution in [2.24, 2.45) is 5.92 Å². The van der Waals surface area contributed by atoms with E-state index in [9.17, 15) is 73.3 Å². The summed E-state index contributed by atoms with van der Waals surface area (Å²) in [5, 5.41) is 22.5. The molecule has 0 bridgehead atoms. The number of hydrogen-bond acceptors (Lipinski definition) is 11. The quantitative estimate of drug-likeness (QED) is 0.0102. The van der Waals surface area contributed by atoms with Gasteiger partial charge in [0.1, 0.15) is 23.0 Å². The van der Waals surface area contributed by atoms with Gasteiger partial charge in [0.25, 0.3) is 0 Å². The Bertz CT molecular complexity index is 2700. The minimum Gasteiger partial charge on any atom is -0.494 e. The van der Waals surface area contributed by atoms with E-state index in [1.165, 1.54) is 109 Å². The summed E-state index contributed by atoms with van der Waals surface area (Å²) in [7, 11) is 0. The predicted octanol–water partition coefficient (Wildman–Crippen LogP) is 11.2. The zero-order valence-electron chi connectivity index (χ0n) is 38.1. The Morgan fingerprint density at radius 1 is 0.521 bits per heavy atom. The molecule has 5 aromatic carbocycles. The van der Waals surface area contributed by atoms with Gasteiger partial charge in [-0.1, -0.05) is 48.6 Å². The molecule has 0 heterocycles. The number of alkyl halides is 10. The maximum absolute atomic E-state index is 13.4. The standard InChI is InChI=1S/C52H45F10NO10/c53-48(54,51(57,58)59)27-1-29-70-41-18-22-43(23-19-41)72-46(66)36-11-3-33(4-12-36)9-17-40(64)32-38(31-35-7-15-39(63)16-8-35)50(68,69)45(65)26-10-34-5-13-37(14-6-34)47(67)73-44-24-20-42(21-25-44)71-30-2-28-49(55,56)52(60,61)62/h3-26,38,68-69H,1-2,27-32,63H2/b17-9+,26-10+. The van der Waals surface area contributed by atoms with Crippen LogP contribution in [0.3, 0.4) is 0 Å². The Hall–Kier alpha value is -7.52. The Kier molecular flexibility index (Phi) is 18.7. The number of hydrogen-bond donors (Lipinski definition) is 3. The number of carbonyl (C=O) groups excluding carboxylic acids is 4. The number of nitrogen functional groups attached to an aromatic ring is 1. The molecule has 21 heteroatoms. The summed E-state index contributed by atoms with van der Waals surface area (Å²) >= 11 is 0. The van der Waals surface area contributed by atoms with E-state index < -0.39 is 105 Å². The summed E-state index contributed by atoms with van der Waals surface area (Å²) in [6, 6.07) is 28.3. The van der Waals surface area contributed by atoms with E-state index in [0.717, 1.165) is 12.2 Å². The highest BCUT2D eigenvalue weighted by atomic mass is 19.4. The van der Waals surface area contributed by atoms with Gasteiger partial charge in [-0.25, -0.2) is 9.59 Å². The lowest BCUT2D eigenvalue weighted by molar-refractivity contribution is -0.284. The number of aliphatic hydroxyl groups is 2. The number of rotatable bonds is 24. The average molecular weight is 1030 g/mol. The number of ketones is 2. The molecular weight excluding hydrogens is 989 g/mol. The first-order chi connectivity index (χ1) is 34.2. The summed E-state index contributed by atoms with van der Waals surface area (Å²) in [5.41, 5.74) is 7.72. The Labute approximate surface area is 410 Å². The lowest BCUT2D eigenvalue weighted by Crippen LogP contribution is -2.46. The second kappa shape index (κ2) is 24.3. The molecule has 0 aliphatic carbocycles. The number of ether oxygens (including phenoxy) is 4. The first kappa shape index (κ1) is 56.4. The van der Waals surface area contributed by atoms with Crippen LogP contribution in [0.5, 0.6) is 23.0 Å². The van der Waals surface area contributed by atoms with E-state index in [4.69, 9.17) is 24.7 Å². The van der Waals surface area contributed by atoms with E-state index in [2.05, 4.69) is 0 Å². The van der Waals surface area contributed by atoms with E-state index >= 15 is 0 Å².